The maximum absolute atomic E-state index is 13.3. The van der Waals surface area contributed by atoms with Crippen LogP contribution in [0.25, 0.3) is 10.2 Å². The predicted molar refractivity (Wildman–Crippen MR) is 133 cm³/mol. The molecule has 158 valence electrons. The van der Waals surface area contributed by atoms with Gasteiger partial charge in [-0.25, -0.2) is 4.98 Å². The molecule has 3 nitrogen and oxygen atoms in total. The minimum absolute atomic E-state index is 0.0883. The topological polar surface area (TPSA) is 33.2 Å². The predicted octanol–water partition coefficient (Wildman–Crippen LogP) is 7.36. The SMILES string of the molecule is Cc1ccc(Cl)c2sc(N(Cc3ccccc3)C(=O)CCCSc3ccccc3)nc12. The molecule has 0 aliphatic heterocycles. The Morgan fingerprint density at radius 3 is 2.45 bits per heavy atom. The van der Waals surface area contributed by atoms with E-state index in [1.54, 1.807) is 11.8 Å². The van der Waals surface area contributed by atoms with Crippen LogP contribution in [0.5, 0.6) is 0 Å². The lowest BCUT2D eigenvalue weighted by molar-refractivity contribution is -0.118. The van der Waals surface area contributed by atoms with Crippen molar-refractivity contribution in [3.05, 3.63) is 88.9 Å². The highest BCUT2D eigenvalue weighted by Crippen LogP contribution is 2.36. The van der Waals surface area contributed by atoms with Crippen molar-refractivity contribution in [2.75, 3.05) is 10.7 Å². The molecule has 0 aliphatic carbocycles. The molecule has 4 aromatic rings. The van der Waals surface area contributed by atoms with Crippen LogP contribution in [0, 0.1) is 6.92 Å². The summed E-state index contributed by atoms with van der Waals surface area (Å²) in [4.78, 5) is 21.1. The molecule has 1 heterocycles. The molecular weight excluding hydrogens is 444 g/mol. The molecule has 31 heavy (non-hydrogen) atoms. The Balaban J connectivity index is 1.52. The van der Waals surface area contributed by atoms with Gasteiger partial charge in [0, 0.05) is 11.3 Å². The number of halogens is 1. The molecule has 0 radical (unpaired) electrons. The lowest BCUT2D eigenvalue weighted by Crippen LogP contribution is -2.30. The largest absolute Gasteiger partial charge is 0.284 e. The Bertz CT molecular complexity index is 1120. The molecule has 1 aromatic heterocycles. The van der Waals surface area contributed by atoms with Crippen LogP contribution < -0.4 is 4.90 Å². The molecule has 0 aliphatic rings. The van der Waals surface area contributed by atoms with E-state index in [0.717, 1.165) is 33.5 Å². The molecule has 0 spiro atoms. The van der Waals surface area contributed by atoms with E-state index in [9.17, 15) is 4.79 Å². The molecule has 4 rings (SSSR count). The van der Waals surface area contributed by atoms with Crippen molar-refractivity contribution < 1.29 is 4.79 Å². The van der Waals surface area contributed by atoms with Crippen molar-refractivity contribution in [1.82, 2.24) is 4.98 Å². The van der Waals surface area contributed by atoms with Crippen LogP contribution in [0.4, 0.5) is 5.13 Å². The molecule has 3 aromatic carbocycles. The molecule has 1 amide bonds. The monoisotopic (exact) mass is 466 g/mol. The molecular formula is C25H23ClN2OS2. The minimum Gasteiger partial charge on any atom is -0.284 e. The van der Waals surface area contributed by atoms with Crippen molar-refractivity contribution in [3.63, 3.8) is 0 Å². The summed E-state index contributed by atoms with van der Waals surface area (Å²) >= 11 is 9.68. The molecule has 6 heteroatoms. The van der Waals surface area contributed by atoms with Crippen LogP contribution in [0.15, 0.2) is 77.7 Å². The summed E-state index contributed by atoms with van der Waals surface area (Å²) in [5, 5.41) is 1.38. The number of benzene rings is 3. The Morgan fingerprint density at radius 2 is 1.74 bits per heavy atom. The lowest BCUT2D eigenvalue weighted by Gasteiger charge is -2.20. The van der Waals surface area contributed by atoms with Crippen molar-refractivity contribution >= 4 is 56.0 Å². The molecule has 0 N–H and O–H groups in total. The first-order valence-corrected chi connectivity index (χ1v) is 12.4. The van der Waals surface area contributed by atoms with Crippen LogP contribution >= 0.6 is 34.7 Å². The van der Waals surface area contributed by atoms with Gasteiger partial charge in [0.25, 0.3) is 0 Å². The summed E-state index contributed by atoms with van der Waals surface area (Å²) in [5.41, 5.74) is 3.02. The summed E-state index contributed by atoms with van der Waals surface area (Å²) in [6, 6.07) is 24.2. The molecule has 0 atom stereocenters. The number of amides is 1. The van der Waals surface area contributed by atoms with Gasteiger partial charge in [-0.1, -0.05) is 77.5 Å². The zero-order chi connectivity index (χ0) is 21.6. The van der Waals surface area contributed by atoms with Crippen molar-refractivity contribution in [3.8, 4) is 0 Å². The first-order chi connectivity index (χ1) is 15.1. The van der Waals surface area contributed by atoms with Crippen molar-refractivity contribution in [2.45, 2.75) is 31.2 Å². The standard InChI is InChI=1S/C25H23ClN2OS2/c1-18-14-15-21(26)24-23(18)27-25(31-24)28(17-19-9-4-2-5-10-19)22(29)13-8-16-30-20-11-6-3-7-12-20/h2-7,9-12,14-15H,8,13,16-17H2,1H3. The zero-order valence-electron chi connectivity index (χ0n) is 17.3. The smallest absolute Gasteiger partial charge is 0.229 e. The lowest BCUT2D eigenvalue weighted by atomic mass is 10.2. The van der Waals surface area contributed by atoms with E-state index in [2.05, 4.69) is 12.1 Å². The van der Waals surface area contributed by atoms with Crippen LogP contribution in [-0.4, -0.2) is 16.6 Å². The number of thiazole rings is 1. The highest BCUT2D eigenvalue weighted by molar-refractivity contribution is 7.99. The Labute approximate surface area is 196 Å². The van der Waals surface area contributed by atoms with Crippen LogP contribution in [0.1, 0.15) is 24.0 Å². The highest BCUT2D eigenvalue weighted by atomic mass is 35.5. The fourth-order valence-corrected chi connectivity index (χ4v) is 5.51. The van der Waals surface area contributed by atoms with Crippen LogP contribution in [0.3, 0.4) is 0 Å². The van der Waals surface area contributed by atoms with E-state index in [-0.39, 0.29) is 5.91 Å². The molecule has 0 saturated carbocycles. The summed E-state index contributed by atoms with van der Waals surface area (Å²) in [6.07, 6.45) is 1.30. The van der Waals surface area contributed by atoms with E-state index in [1.165, 1.54) is 16.2 Å². The number of carbonyl (C=O) groups excluding carboxylic acids is 1. The number of thioether (sulfide) groups is 1. The average Bonchev–Trinajstić information content (AvgIpc) is 3.25. The number of fused-ring (bicyclic) bond motifs is 1. The molecule has 0 unspecified atom stereocenters. The number of anilines is 1. The fraction of sp³-hybridized carbons (Fsp3) is 0.200. The van der Waals surface area contributed by atoms with Gasteiger partial charge in [0.05, 0.1) is 21.8 Å². The van der Waals surface area contributed by atoms with Crippen LogP contribution in [0.2, 0.25) is 5.02 Å². The summed E-state index contributed by atoms with van der Waals surface area (Å²) in [7, 11) is 0. The first-order valence-electron chi connectivity index (χ1n) is 10.2. The number of rotatable bonds is 8. The maximum Gasteiger partial charge on any atom is 0.229 e. The van der Waals surface area contributed by atoms with Gasteiger partial charge in [-0.2, -0.15) is 0 Å². The number of carbonyl (C=O) groups is 1. The molecule has 0 fully saturated rings. The summed E-state index contributed by atoms with van der Waals surface area (Å²) in [6.45, 7) is 2.52. The number of aryl methyl sites for hydroxylation is 1. The van der Waals surface area contributed by atoms with Gasteiger partial charge in [-0.05, 0) is 48.4 Å². The third-order valence-electron chi connectivity index (χ3n) is 4.95. The third-order valence-corrected chi connectivity index (χ3v) is 7.59. The van der Waals surface area contributed by atoms with Gasteiger partial charge in [-0.3, -0.25) is 9.69 Å². The van der Waals surface area contributed by atoms with Gasteiger partial charge >= 0.3 is 0 Å². The number of hydrogen-bond acceptors (Lipinski definition) is 4. The summed E-state index contributed by atoms with van der Waals surface area (Å²) in [5.74, 6) is 0.991. The minimum atomic E-state index is 0.0883. The van der Waals surface area contributed by atoms with E-state index in [4.69, 9.17) is 16.6 Å². The Hall–Kier alpha value is -2.34. The zero-order valence-corrected chi connectivity index (χ0v) is 19.6. The average molecular weight is 467 g/mol. The van der Waals surface area contributed by atoms with E-state index >= 15 is 0 Å². The Kier molecular flexibility index (Phi) is 7.28. The molecule has 0 saturated heterocycles. The summed E-state index contributed by atoms with van der Waals surface area (Å²) < 4.78 is 0.933. The second-order valence-corrected chi connectivity index (χ2v) is 9.82. The highest BCUT2D eigenvalue weighted by Gasteiger charge is 2.21. The third kappa shape index (κ3) is 5.48. The van der Waals surface area contributed by atoms with Gasteiger partial charge in [0.2, 0.25) is 5.91 Å². The fourth-order valence-electron chi connectivity index (χ4n) is 3.30. The first kappa shape index (κ1) is 21.9. The van der Waals surface area contributed by atoms with Gasteiger partial charge in [0.15, 0.2) is 5.13 Å². The van der Waals surface area contributed by atoms with E-state index in [0.29, 0.717) is 23.1 Å². The van der Waals surface area contributed by atoms with Gasteiger partial charge < -0.3 is 0 Å². The Morgan fingerprint density at radius 1 is 1.03 bits per heavy atom. The number of nitrogens with zero attached hydrogens (tertiary/aromatic N) is 2. The van der Waals surface area contributed by atoms with E-state index in [1.807, 2.05) is 72.5 Å². The van der Waals surface area contributed by atoms with Crippen molar-refractivity contribution in [2.24, 2.45) is 0 Å². The second-order valence-electron chi connectivity index (χ2n) is 7.27. The van der Waals surface area contributed by atoms with Crippen molar-refractivity contribution in [1.29, 1.82) is 0 Å². The van der Waals surface area contributed by atoms with Crippen LogP contribution in [-0.2, 0) is 11.3 Å². The van der Waals surface area contributed by atoms with Gasteiger partial charge in [0.1, 0.15) is 0 Å². The van der Waals surface area contributed by atoms with E-state index < -0.39 is 0 Å². The number of aromatic nitrogens is 1. The van der Waals surface area contributed by atoms with Gasteiger partial charge in [-0.15, -0.1) is 11.8 Å². The number of hydrogen-bond donors (Lipinski definition) is 0. The quantitative estimate of drug-likeness (QED) is 0.201. The normalized spacial score (nSPS) is 11.0. The maximum atomic E-state index is 13.3. The second kappa shape index (κ2) is 10.3. The molecule has 0 bridgehead atoms.